The Morgan fingerprint density at radius 1 is 0.222 bits per heavy atom. The van der Waals surface area contributed by atoms with E-state index in [1.54, 1.807) is 0 Å². The average molecular weight is 690 g/mol. The summed E-state index contributed by atoms with van der Waals surface area (Å²) < 4.78 is 0. The summed E-state index contributed by atoms with van der Waals surface area (Å²) in [6, 6.07) is 73.8. The van der Waals surface area contributed by atoms with Crippen molar-refractivity contribution >= 4 is 0 Å². The lowest BCUT2D eigenvalue weighted by Crippen LogP contribution is -1.96. The van der Waals surface area contributed by atoms with Crippen LogP contribution in [0.15, 0.2) is 212 Å². The molecule has 0 radical (unpaired) electrons. The molecule has 7 aromatic carbocycles. The first kappa shape index (κ1) is 32.7. The number of benzene rings is 7. The zero-order valence-corrected chi connectivity index (χ0v) is 29.5. The minimum atomic E-state index is 0.675. The van der Waals surface area contributed by atoms with Gasteiger partial charge in [-0.3, -0.25) is 0 Å². The summed E-state index contributed by atoms with van der Waals surface area (Å²) >= 11 is 0. The van der Waals surface area contributed by atoms with E-state index in [9.17, 15) is 0 Å². The van der Waals surface area contributed by atoms with Crippen LogP contribution in [0.2, 0.25) is 0 Å². The van der Waals surface area contributed by atoms with Gasteiger partial charge in [0.1, 0.15) is 0 Å². The highest BCUT2D eigenvalue weighted by atomic mass is 14.9. The molecule has 3 nitrogen and oxygen atoms in total. The molecule has 0 spiro atoms. The van der Waals surface area contributed by atoms with Gasteiger partial charge in [0.25, 0.3) is 0 Å². The zero-order valence-electron chi connectivity index (χ0n) is 29.5. The monoisotopic (exact) mass is 689 g/mol. The second kappa shape index (κ2) is 14.8. The number of hydrogen-bond donors (Lipinski definition) is 0. The molecule has 0 saturated carbocycles. The van der Waals surface area contributed by atoms with Gasteiger partial charge in [-0.05, 0) is 39.9 Å². The third-order valence-corrected chi connectivity index (χ3v) is 9.77. The second-order valence-electron chi connectivity index (χ2n) is 13.3. The second-order valence-corrected chi connectivity index (χ2v) is 13.3. The van der Waals surface area contributed by atoms with Crippen molar-refractivity contribution in [3.05, 3.63) is 212 Å². The van der Waals surface area contributed by atoms with Gasteiger partial charge >= 0.3 is 0 Å². The first-order valence-corrected chi connectivity index (χ1v) is 18.2. The van der Waals surface area contributed by atoms with Crippen LogP contribution in [0.25, 0.3) is 89.8 Å². The maximum atomic E-state index is 5.19. The molecule has 0 aliphatic heterocycles. The highest BCUT2D eigenvalue weighted by molar-refractivity contribution is 5.84. The van der Waals surface area contributed by atoms with Gasteiger partial charge in [0.2, 0.25) is 0 Å². The number of rotatable bonds is 8. The SMILES string of the molecule is c1ccc(-c2ccc(-c3cc(-c4ccc(-c5ccccc5)cc4)nc(-c4ccc(-c5ccc(-c6ccccc6)nc5-c5ccccc5)cc4)n3)cc2)cc1. The van der Waals surface area contributed by atoms with Crippen LogP contribution in [0.3, 0.4) is 0 Å². The smallest absolute Gasteiger partial charge is 0.160 e. The molecule has 54 heavy (non-hydrogen) atoms. The number of hydrogen-bond acceptors (Lipinski definition) is 3. The standard InChI is InChI=1S/C51H35N3/c1-5-13-36(14-6-1)38-21-27-42(28-22-38)48-35-49(43-29-23-39(24-30-43)37-15-7-2-8-16-37)54-51(53-48)45-31-25-40(26-32-45)46-33-34-47(41-17-9-3-10-18-41)52-50(46)44-19-11-4-12-20-44/h1-35H. The first-order valence-electron chi connectivity index (χ1n) is 18.2. The molecule has 9 rings (SSSR count). The van der Waals surface area contributed by atoms with Crippen molar-refractivity contribution in [1.82, 2.24) is 15.0 Å². The summed E-state index contributed by atoms with van der Waals surface area (Å²) in [5, 5.41) is 0. The predicted octanol–water partition coefficient (Wildman–Crippen LogP) is 13.2. The van der Waals surface area contributed by atoms with Gasteiger partial charge in [-0.15, -0.1) is 0 Å². The fourth-order valence-electron chi connectivity index (χ4n) is 6.88. The van der Waals surface area contributed by atoms with Crippen molar-refractivity contribution in [2.45, 2.75) is 0 Å². The van der Waals surface area contributed by atoms with Crippen LogP contribution in [0.1, 0.15) is 0 Å². The fourth-order valence-corrected chi connectivity index (χ4v) is 6.88. The molecular weight excluding hydrogens is 655 g/mol. The molecular formula is C51H35N3. The van der Waals surface area contributed by atoms with Crippen molar-refractivity contribution in [2.24, 2.45) is 0 Å². The van der Waals surface area contributed by atoms with Crippen molar-refractivity contribution in [1.29, 1.82) is 0 Å². The van der Waals surface area contributed by atoms with E-state index in [0.29, 0.717) is 5.82 Å². The lowest BCUT2D eigenvalue weighted by molar-refractivity contribution is 1.18. The van der Waals surface area contributed by atoms with Gasteiger partial charge in [0, 0.05) is 33.4 Å². The molecule has 0 unspecified atom stereocenters. The Bertz CT molecular complexity index is 2540. The van der Waals surface area contributed by atoms with Crippen molar-refractivity contribution in [2.75, 3.05) is 0 Å². The Balaban J connectivity index is 1.11. The molecule has 254 valence electrons. The highest BCUT2D eigenvalue weighted by Crippen LogP contribution is 2.35. The van der Waals surface area contributed by atoms with E-state index >= 15 is 0 Å². The molecule has 9 aromatic rings. The van der Waals surface area contributed by atoms with E-state index in [2.05, 4.69) is 176 Å². The van der Waals surface area contributed by atoms with Crippen LogP contribution in [-0.2, 0) is 0 Å². The van der Waals surface area contributed by atoms with Crippen molar-refractivity contribution in [3.63, 3.8) is 0 Å². The third kappa shape index (κ3) is 6.87. The molecule has 0 aliphatic carbocycles. The molecule has 3 heteroatoms. The van der Waals surface area contributed by atoms with Gasteiger partial charge in [0.15, 0.2) is 5.82 Å². The number of nitrogens with zero attached hydrogens (tertiary/aromatic N) is 3. The van der Waals surface area contributed by atoms with Gasteiger partial charge in [0.05, 0.1) is 22.8 Å². The molecule has 0 atom stereocenters. The Morgan fingerprint density at radius 2 is 0.574 bits per heavy atom. The van der Waals surface area contributed by atoms with Crippen molar-refractivity contribution < 1.29 is 0 Å². The molecule has 0 saturated heterocycles. The third-order valence-electron chi connectivity index (χ3n) is 9.77. The molecule has 0 aliphatic rings. The van der Waals surface area contributed by atoms with E-state index in [1.807, 2.05) is 36.4 Å². The zero-order chi connectivity index (χ0) is 36.1. The van der Waals surface area contributed by atoms with Crippen molar-refractivity contribution in [3.8, 4) is 89.8 Å². The predicted molar refractivity (Wildman–Crippen MR) is 223 cm³/mol. The van der Waals surface area contributed by atoms with Crippen LogP contribution in [0.5, 0.6) is 0 Å². The van der Waals surface area contributed by atoms with E-state index in [4.69, 9.17) is 15.0 Å². The van der Waals surface area contributed by atoms with Crippen LogP contribution < -0.4 is 0 Å². The van der Waals surface area contributed by atoms with Gasteiger partial charge < -0.3 is 0 Å². The minimum Gasteiger partial charge on any atom is -0.247 e. The van der Waals surface area contributed by atoms with Gasteiger partial charge in [-0.2, -0.15) is 0 Å². The van der Waals surface area contributed by atoms with Crippen LogP contribution in [-0.4, -0.2) is 15.0 Å². The quantitative estimate of drug-likeness (QED) is 0.159. The summed E-state index contributed by atoms with van der Waals surface area (Å²) in [6.07, 6.45) is 0. The Morgan fingerprint density at radius 3 is 1.06 bits per heavy atom. The molecule has 2 heterocycles. The highest BCUT2D eigenvalue weighted by Gasteiger charge is 2.15. The molecule has 0 amide bonds. The van der Waals surface area contributed by atoms with Crippen LogP contribution in [0.4, 0.5) is 0 Å². The largest absolute Gasteiger partial charge is 0.247 e. The lowest BCUT2D eigenvalue weighted by atomic mass is 9.97. The minimum absolute atomic E-state index is 0.675. The molecule has 0 fully saturated rings. The van der Waals surface area contributed by atoms with E-state index in [-0.39, 0.29) is 0 Å². The molecule has 0 bridgehead atoms. The Kier molecular flexibility index (Phi) is 8.94. The van der Waals surface area contributed by atoms with E-state index in [1.165, 1.54) is 22.3 Å². The summed E-state index contributed by atoms with van der Waals surface area (Å²) in [6.45, 7) is 0. The van der Waals surface area contributed by atoms with Crippen LogP contribution >= 0.6 is 0 Å². The fraction of sp³-hybridized carbons (Fsp3) is 0. The Hall–Kier alpha value is -7.23. The van der Waals surface area contributed by atoms with Crippen LogP contribution in [0, 0.1) is 0 Å². The average Bonchev–Trinajstić information content (AvgIpc) is 3.27. The summed E-state index contributed by atoms with van der Waals surface area (Å²) in [7, 11) is 0. The Labute approximate surface area is 316 Å². The summed E-state index contributed by atoms with van der Waals surface area (Å²) in [5.74, 6) is 0.675. The van der Waals surface area contributed by atoms with E-state index < -0.39 is 0 Å². The summed E-state index contributed by atoms with van der Waals surface area (Å²) in [4.78, 5) is 15.5. The normalized spacial score (nSPS) is 11.0. The molecule has 0 N–H and O–H groups in total. The maximum absolute atomic E-state index is 5.19. The maximum Gasteiger partial charge on any atom is 0.160 e. The summed E-state index contributed by atoms with van der Waals surface area (Å²) in [5.41, 5.74) is 15.7. The van der Waals surface area contributed by atoms with Gasteiger partial charge in [-0.25, -0.2) is 15.0 Å². The topological polar surface area (TPSA) is 38.7 Å². The number of aromatic nitrogens is 3. The number of pyridine rings is 1. The first-order chi connectivity index (χ1) is 26.7. The van der Waals surface area contributed by atoms with E-state index in [0.717, 1.165) is 61.7 Å². The lowest BCUT2D eigenvalue weighted by Gasteiger charge is -2.13. The molecule has 2 aromatic heterocycles. The van der Waals surface area contributed by atoms with Gasteiger partial charge in [-0.1, -0.05) is 200 Å².